The summed E-state index contributed by atoms with van der Waals surface area (Å²) in [6, 6.07) is 2.40. The summed E-state index contributed by atoms with van der Waals surface area (Å²) in [7, 11) is 4.31. The van der Waals surface area contributed by atoms with Gasteiger partial charge in [0.15, 0.2) is 0 Å². The van der Waals surface area contributed by atoms with Crippen molar-refractivity contribution in [2.24, 2.45) is 5.92 Å². The highest BCUT2D eigenvalue weighted by molar-refractivity contribution is 4.96. The van der Waals surface area contributed by atoms with E-state index in [1.165, 1.54) is 45.3 Å². The van der Waals surface area contributed by atoms with Crippen LogP contribution in [0.4, 0.5) is 0 Å². The second-order valence-corrected chi connectivity index (χ2v) is 7.10. The van der Waals surface area contributed by atoms with Crippen molar-refractivity contribution in [3.63, 3.8) is 0 Å². The van der Waals surface area contributed by atoms with Crippen molar-refractivity contribution in [2.75, 3.05) is 46.8 Å². The standard InChI is InChI=1S/C17H36N4/c1-5-21(11-8-18-3)17-13-15(17)12-14(2)19-9-10-20(4)16-6-7-16/h14-19H,5-13H2,1-4H3/t14-,15?,17?/m1/s1. The number of nitrogens with one attached hydrogen (secondary N) is 2. The molecule has 2 aliphatic carbocycles. The molecule has 0 aromatic heterocycles. The average Bonchev–Trinajstić information content (AvgIpc) is 3.34. The van der Waals surface area contributed by atoms with Crippen LogP contribution in [0.1, 0.15) is 39.5 Å². The first kappa shape index (κ1) is 17.2. The number of rotatable bonds is 12. The predicted octanol–water partition coefficient (Wildman–Crippen LogP) is 1.38. The molecule has 0 saturated heterocycles. The second-order valence-electron chi connectivity index (χ2n) is 7.10. The molecule has 2 fully saturated rings. The topological polar surface area (TPSA) is 30.5 Å². The molecule has 2 N–H and O–H groups in total. The first-order valence-electron chi connectivity index (χ1n) is 8.98. The Morgan fingerprint density at radius 1 is 1.19 bits per heavy atom. The molecule has 0 heterocycles. The van der Waals surface area contributed by atoms with Crippen molar-refractivity contribution in [1.29, 1.82) is 0 Å². The largest absolute Gasteiger partial charge is 0.318 e. The molecule has 0 bridgehead atoms. The predicted molar refractivity (Wildman–Crippen MR) is 90.8 cm³/mol. The maximum Gasteiger partial charge on any atom is 0.0128 e. The molecule has 21 heavy (non-hydrogen) atoms. The molecule has 0 aromatic carbocycles. The quantitative estimate of drug-likeness (QED) is 0.570. The van der Waals surface area contributed by atoms with E-state index < -0.39 is 0 Å². The molecule has 4 nitrogen and oxygen atoms in total. The lowest BCUT2D eigenvalue weighted by atomic mass is 10.1. The third kappa shape index (κ3) is 5.85. The molecular weight excluding hydrogens is 260 g/mol. The van der Waals surface area contributed by atoms with Gasteiger partial charge in [-0.3, -0.25) is 4.90 Å². The lowest BCUT2D eigenvalue weighted by Gasteiger charge is -2.22. The van der Waals surface area contributed by atoms with Crippen LogP contribution in [0, 0.1) is 5.92 Å². The monoisotopic (exact) mass is 296 g/mol. The van der Waals surface area contributed by atoms with Crippen LogP contribution in [-0.4, -0.2) is 74.7 Å². The Hall–Kier alpha value is -0.160. The molecule has 124 valence electrons. The van der Waals surface area contributed by atoms with Crippen LogP contribution < -0.4 is 10.6 Å². The Kier molecular flexibility index (Phi) is 6.93. The van der Waals surface area contributed by atoms with Crippen molar-refractivity contribution in [2.45, 2.75) is 57.7 Å². The van der Waals surface area contributed by atoms with E-state index in [4.69, 9.17) is 0 Å². The molecule has 2 aliphatic rings. The van der Waals surface area contributed by atoms with Crippen LogP contribution in [0.15, 0.2) is 0 Å². The fourth-order valence-corrected chi connectivity index (χ4v) is 3.47. The van der Waals surface area contributed by atoms with Crippen LogP contribution in [0.2, 0.25) is 0 Å². The van der Waals surface area contributed by atoms with E-state index in [-0.39, 0.29) is 0 Å². The van der Waals surface area contributed by atoms with Crippen molar-refractivity contribution >= 4 is 0 Å². The number of likely N-dealkylation sites (N-methyl/N-ethyl adjacent to an activating group) is 3. The van der Waals surface area contributed by atoms with Crippen LogP contribution in [-0.2, 0) is 0 Å². The van der Waals surface area contributed by atoms with Gasteiger partial charge in [-0.15, -0.1) is 0 Å². The van der Waals surface area contributed by atoms with Crippen molar-refractivity contribution in [1.82, 2.24) is 20.4 Å². The van der Waals surface area contributed by atoms with Crippen LogP contribution in [0.25, 0.3) is 0 Å². The molecule has 0 aromatic rings. The summed E-state index contributed by atoms with van der Waals surface area (Å²) >= 11 is 0. The Balaban J connectivity index is 1.55. The van der Waals surface area contributed by atoms with Gasteiger partial charge in [0.1, 0.15) is 0 Å². The molecular formula is C17H36N4. The first-order chi connectivity index (χ1) is 10.2. The summed E-state index contributed by atoms with van der Waals surface area (Å²) in [6.07, 6.45) is 5.57. The maximum atomic E-state index is 3.72. The summed E-state index contributed by atoms with van der Waals surface area (Å²) in [5, 5.41) is 6.98. The van der Waals surface area contributed by atoms with Crippen molar-refractivity contribution in [3.05, 3.63) is 0 Å². The lowest BCUT2D eigenvalue weighted by Crippen LogP contribution is -2.36. The van der Waals surface area contributed by atoms with Crippen molar-refractivity contribution in [3.8, 4) is 0 Å². The highest BCUT2D eigenvalue weighted by Crippen LogP contribution is 2.39. The normalized spacial score (nSPS) is 26.6. The zero-order valence-electron chi connectivity index (χ0n) is 14.6. The molecule has 4 heteroatoms. The Bertz CT molecular complexity index is 293. The SMILES string of the molecule is CCN(CCNC)C1CC1C[C@@H](C)NCCN(C)C1CC1. The maximum absolute atomic E-state index is 3.72. The summed E-state index contributed by atoms with van der Waals surface area (Å²) in [5.74, 6) is 0.922. The third-order valence-electron chi connectivity index (χ3n) is 5.19. The van der Waals surface area contributed by atoms with Crippen LogP contribution in [0.3, 0.4) is 0 Å². The van der Waals surface area contributed by atoms with E-state index >= 15 is 0 Å². The minimum Gasteiger partial charge on any atom is -0.318 e. The Morgan fingerprint density at radius 2 is 1.95 bits per heavy atom. The zero-order valence-corrected chi connectivity index (χ0v) is 14.6. The first-order valence-corrected chi connectivity index (χ1v) is 8.98. The highest BCUT2D eigenvalue weighted by atomic mass is 15.2. The molecule has 0 amide bonds. The number of hydrogen-bond donors (Lipinski definition) is 2. The second kappa shape index (κ2) is 8.47. The summed E-state index contributed by atoms with van der Waals surface area (Å²) < 4.78 is 0. The van der Waals surface area contributed by atoms with E-state index in [0.717, 1.165) is 31.1 Å². The molecule has 2 rings (SSSR count). The highest BCUT2D eigenvalue weighted by Gasteiger charge is 2.41. The van der Waals surface area contributed by atoms with E-state index in [0.29, 0.717) is 6.04 Å². The van der Waals surface area contributed by atoms with Gasteiger partial charge < -0.3 is 15.5 Å². The van der Waals surface area contributed by atoms with Gasteiger partial charge in [-0.25, -0.2) is 0 Å². The van der Waals surface area contributed by atoms with Gasteiger partial charge in [-0.05, 0) is 59.2 Å². The smallest absolute Gasteiger partial charge is 0.0128 e. The van der Waals surface area contributed by atoms with Gasteiger partial charge in [-0.1, -0.05) is 6.92 Å². The van der Waals surface area contributed by atoms with Gasteiger partial charge in [0, 0.05) is 44.3 Å². The van der Waals surface area contributed by atoms with Gasteiger partial charge >= 0.3 is 0 Å². The minimum atomic E-state index is 0.663. The fourth-order valence-electron chi connectivity index (χ4n) is 3.47. The fraction of sp³-hybridized carbons (Fsp3) is 1.00. The van der Waals surface area contributed by atoms with Gasteiger partial charge in [0.2, 0.25) is 0 Å². The average molecular weight is 297 g/mol. The van der Waals surface area contributed by atoms with Crippen LogP contribution >= 0.6 is 0 Å². The van der Waals surface area contributed by atoms with E-state index in [1.54, 1.807) is 0 Å². The van der Waals surface area contributed by atoms with E-state index in [9.17, 15) is 0 Å². The van der Waals surface area contributed by atoms with E-state index in [2.05, 4.69) is 41.3 Å². The minimum absolute atomic E-state index is 0.663. The van der Waals surface area contributed by atoms with Crippen molar-refractivity contribution < 1.29 is 0 Å². The van der Waals surface area contributed by atoms with Crippen LogP contribution in [0.5, 0.6) is 0 Å². The molecule has 0 aliphatic heterocycles. The third-order valence-corrected chi connectivity index (χ3v) is 5.19. The van der Waals surface area contributed by atoms with Gasteiger partial charge in [0.25, 0.3) is 0 Å². The molecule has 3 atom stereocenters. The molecule has 2 saturated carbocycles. The summed E-state index contributed by atoms with van der Waals surface area (Å²) in [5.41, 5.74) is 0. The molecule has 0 spiro atoms. The molecule has 0 radical (unpaired) electrons. The molecule has 2 unspecified atom stereocenters. The van der Waals surface area contributed by atoms with Gasteiger partial charge in [0.05, 0.1) is 0 Å². The lowest BCUT2D eigenvalue weighted by molar-refractivity contribution is 0.260. The number of nitrogens with zero attached hydrogens (tertiary/aromatic N) is 2. The number of hydrogen-bond acceptors (Lipinski definition) is 4. The van der Waals surface area contributed by atoms with Gasteiger partial charge in [-0.2, -0.15) is 0 Å². The Labute approximate surface area is 131 Å². The summed E-state index contributed by atoms with van der Waals surface area (Å²) in [6.45, 7) is 10.5. The Morgan fingerprint density at radius 3 is 2.57 bits per heavy atom. The van der Waals surface area contributed by atoms with E-state index in [1.807, 2.05) is 7.05 Å². The zero-order chi connectivity index (χ0) is 15.2. The summed E-state index contributed by atoms with van der Waals surface area (Å²) in [4.78, 5) is 5.16.